The van der Waals surface area contributed by atoms with Crippen molar-refractivity contribution < 1.29 is 22.3 Å². The van der Waals surface area contributed by atoms with E-state index in [0.29, 0.717) is 16.5 Å². The van der Waals surface area contributed by atoms with E-state index in [1.807, 2.05) is 13.0 Å². The lowest BCUT2D eigenvalue weighted by Gasteiger charge is -2.11. The van der Waals surface area contributed by atoms with Gasteiger partial charge in [-0.2, -0.15) is 0 Å². The standard InChI is InChI=1S/C17H18N2O5S2/c1-11-15(25-17(19-11)13-5-4-8-24-13)10-18-26(20,21)16-7-6-12(22-2)9-14(16)23-3/h4-9,18H,10H2,1-3H3. The quantitative estimate of drug-likeness (QED) is 0.662. The Kier molecular flexibility index (Phi) is 5.30. The Morgan fingerprint density at radius 3 is 2.69 bits per heavy atom. The van der Waals surface area contributed by atoms with E-state index >= 15 is 0 Å². The molecule has 9 heteroatoms. The highest BCUT2D eigenvalue weighted by atomic mass is 32.2. The molecule has 0 fully saturated rings. The van der Waals surface area contributed by atoms with Crippen molar-refractivity contribution in [3.63, 3.8) is 0 Å². The van der Waals surface area contributed by atoms with E-state index in [2.05, 4.69) is 9.71 Å². The lowest BCUT2D eigenvalue weighted by atomic mass is 10.3. The molecule has 0 radical (unpaired) electrons. The number of aromatic nitrogens is 1. The zero-order chi connectivity index (χ0) is 18.7. The number of rotatable bonds is 7. The van der Waals surface area contributed by atoms with Gasteiger partial charge in [-0.05, 0) is 31.2 Å². The number of methoxy groups -OCH3 is 2. The molecule has 138 valence electrons. The molecule has 0 spiro atoms. The van der Waals surface area contributed by atoms with Crippen molar-refractivity contribution in [1.29, 1.82) is 0 Å². The maximum Gasteiger partial charge on any atom is 0.244 e. The van der Waals surface area contributed by atoms with Gasteiger partial charge in [0.1, 0.15) is 16.4 Å². The second-order valence-electron chi connectivity index (χ2n) is 5.35. The minimum atomic E-state index is -3.76. The monoisotopic (exact) mass is 394 g/mol. The number of aryl methyl sites for hydroxylation is 1. The Labute approximate surface area is 155 Å². The summed E-state index contributed by atoms with van der Waals surface area (Å²) in [6.07, 6.45) is 1.57. The van der Waals surface area contributed by atoms with Crippen LogP contribution in [0.1, 0.15) is 10.6 Å². The molecule has 0 saturated heterocycles. The minimum Gasteiger partial charge on any atom is -0.497 e. The molecule has 2 heterocycles. The molecule has 3 aromatic rings. The highest BCUT2D eigenvalue weighted by Gasteiger charge is 2.21. The first-order valence-corrected chi connectivity index (χ1v) is 9.96. The summed E-state index contributed by atoms with van der Waals surface area (Å²) >= 11 is 1.39. The van der Waals surface area contributed by atoms with Crippen LogP contribution >= 0.6 is 11.3 Å². The fourth-order valence-corrected chi connectivity index (χ4v) is 4.54. The molecule has 0 saturated carbocycles. The van der Waals surface area contributed by atoms with Crippen LogP contribution in [0.25, 0.3) is 10.8 Å². The smallest absolute Gasteiger partial charge is 0.244 e. The molecule has 26 heavy (non-hydrogen) atoms. The highest BCUT2D eigenvalue weighted by Crippen LogP contribution is 2.30. The number of thiazole rings is 1. The number of nitrogens with one attached hydrogen (secondary N) is 1. The number of sulfonamides is 1. The van der Waals surface area contributed by atoms with Gasteiger partial charge in [-0.3, -0.25) is 0 Å². The maximum absolute atomic E-state index is 12.7. The van der Waals surface area contributed by atoms with E-state index in [0.717, 1.165) is 10.6 Å². The van der Waals surface area contributed by atoms with Crippen molar-refractivity contribution in [3.8, 4) is 22.3 Å². The minimum absolute atomic E-state index is 0.0502. The molecule has 2 aromatic heterocycles. The molecule has 0 aliphatic heterocycles. The highest BCUT2D eigenvalue weighted by molar-refractivity contribution is 7.89. The van der Waals surface area contributed by atoms with Crippen LogP contribution in [0.5, 0.6) is 11.5 Å². The molecule has 3 rings (SSSR count). The van der Waals surface area contributed by atoms with Gasteiger partial charge in [0.2, 0.25) is 10.0 Å². The summed E-state index contributed by atoms with van der Waals surface area (Å²) in [6, 6.07) is 8.15. The maximum atomic E-state index is 12.7. The van der Waals surface area contributed by atoms with Gasteiger partial charge < -0.3 is 13.9 Å². The number of hydrogen-bond donors (Lipinski definition) is 1. The molecular formula is C17H18N2O5S2. The molecule has 0 atom stereocenters. The van der Waals surface area contributed by atoms with E-state index in [1.54, 1.807) is 18.4 Å². The average molecular weight is 394 g/mol. The van der Waals surface area contributed by atoms with Crippen LogP contribution in [0.4, 0.5) is 0 Å². The van der Waals surface area contributed by atoms with Gasteiger partial charge in [0.05, 0.1) is 26.2 Å². The number of furan rings is 1. The third-order valence-electron chi connectivity index (χ3n) is 3.71. The Hall–Kier alpha value is -2.36. The zero-order valence-electron chi connectivity index (χ0n) is 14.5. The van der Waals surface area contributed by atoms with Gasteiger partial charge in [-0.1, -0.05) is 0 Å². The number of hydrogen-bond acceptors (Lipinski definition) is 7. The van der Waals surface area contributed by atoms with Crippen molar-refractivity contribution in [2.45, 2.75) is 18.4 Å². The largest absolute Gasteiger partial charge is 0.497 e. The molecule has 0 amide bonds. The zero-order valence-corrected chi connectivity index (χ0v) is 16.1. The van der Waals surface area contributed by atoms with Crippen LogP contribution < -0.4 is 14.2 Å². The SMILES string of the molecule is COc1ccc(S(=O)(=O)NCc2sc(-c3ccco3)nc2C)c(OC)c1. The molecule has 0 aliphatic rings. The van der Waals surface area contributed by atoms with Gasteiger partial charge in [0, 0.05) is 17.5 Å². The summed E-state index contributed by atoms with van der Waals surface area (Å²) in [7, 11) is -0.845. The molecule has 0 bridgehead atoms. The first-order valence-electron chi connectivity index (χ1n) is 7.66. The molecule has 1 N–H and O–H groups in total. The topological polar surface area (TPSA) is 90.7 Å². The lowest BCUT2D eigenvalue weighted by Crippen LogP contribution is -2.23. The molecular weight excluding hydrogens is 376 g/mol. The van der Waals surface area contributed by atoms with Crippen molar-refractivity contribution in [2.75, 3.05) is 14.2 Å². The fraction of sp³-hybridized carbons (Fsp3) is 0.235. The Morgan fingerprint density at radius 2 is 2.04 bits per heavy atom. The van der Waals surface area contributed by atoms with Crippen molar-refractivity contribution in [1.82, 2.24) is 9.71 Å². The van der Waals surface area contributed by atoms with E-state index in [4.69, 9.17) is 13.9 Å². The van der Waals surface area contributed by atoms with Gasteiger partial charge in [0.15, 0.2) is 10.8 Å². The van der Waals surface area contributed by atoms with Gasteiger partial charge in [-0.25, -0.2) is 18.1 Å². The normalized spacial score (nSPS) is 11.5. The predicted molar refractivity (Wildman–Crippen MR) is 98.1 cm³/mol. The van der Waals surface area contributed by atoms with Crippen LogP contribution in [0, 0.1) is 6.92 Å². The van der Waals surface area contributed by atoms with E-state index < -0.39 is 10.0 Å². The van der Waals surface area contributed by atoms with Crippen molar-refractivity contribution >= 4 is 21.4 Å². The van der Waals surface area contributed by atoms with Crippen LogP contribution in [0.15, 0.2) is 45.9 Å². The lowest BCUT2D eigenvalue weighted by molar-refractivity contribution is 0.386. The molecule has 0 unspecified atom stereocenters. The van der Waals surface area contributed by atoms with Crippen molar-refractivity contribution in [2.24, 2.45) is 0 Å². The van der Waals surface area contributed by atoms with Crippen LogP contribution in [0.2, 0.25) is 0 Å². The number of nitrogens with zero attached hydrogens (tertiary/aromatic N) is 1. The van der Waals surface area contributed by atoms with Crippen LogP contribution in [-0.2, 0) is 16.6 Å². The Morgan fingerprint density at radius 1 is 1.23 bits per heavy atom. The number of ether oxygens (including phenoxy) is 2. The third kappa shape index (κ3) is 3.74. The van der Waals surface area contributed by atoms with Crippen LogP contribution in [-0.4, -0.2) is 27.6 Å². The first-order chi connectivity index (χ1) is 12.4. The average Bonchev–Trinajstić information content (AvgIpc) is 3.29. The number of benzene rings is 1. The Bertz CT molecular complexity index is 994. The van der Waals surface area contributed by atoms with Crippen LogP contribution in [0.3, 0.4) is 0 Å². The van der Waals surface area contributed by atoms with Gasteiger partial charge in [0.25, 0.3) is 0 Å². The first kappa shape index (κ1) is 18.4. The Balaban J connectivity index is 1.81. The van der Waals surface area contributed by atoms with Gasteiger partial charge in [-0.15, -0.1) is 11.3 Å². The summed E-state index contributed by atoms with van der Waals surface area (Å²) in [4.78, 5) is 5.29. The third-order valence-corrected chi connectivity index (χ3v) is 6.32. The molecule has 1 aromatic carbocycles. The summed E-state index contributed by atoms with van der Waals surface area (Å²) < 4.78 is 43.5. The second kappa shape index (κ2) is 7.48. The van der Waals surface area contributed by atoms with Crippen molar-refractivity contribution in [3.05, 3.63) is 47.2 Å². The van der Waals surface area contributed by atoms with E-state index in [1.165, 1.54) is 37.7 Å². The van der Waals surface area contributed by atoms with E-state index in [-0.39, 0.29) is 17.2 Å². The van der Waals surface area contributed by atoms with Gasteiger partial charge >= 0.3 is 0 Å². The fourth-order valence-electron chi connectivity index (χ4n) is 2.33. The summed E-state index contributed by atoms with van der Waals surface area (Å²) in [5.74, 6) is 1.39. The predicted octanol–water partition coefficient (Wildman–Crippen LogP) is 3.21. The second-order valence-corrected chi connectivity index (χ2v) is 8.17. The summed E-state index contributed by atoms with van der Waals surface area (Å²) in [6.45, 7) is 1.96. The summed E-state index contributed by atoms with van der Waals surface area (Å²) in [5.41, 5.74) is 0.755. The molecule has 7 nitrogen and oxygen atoms in total. The summed E-state index contributed by atoms with van der Waals surface area (Å²) in [5, 5.41) is 0.712. The molecule has 0 aliphatic carbocycles. The van der Waals surface area contributed by atoms with E-state index in [9.17, 15) is 8.42 Å².